The summed E-state index contributed by atoms with van der Waals surface area (Å²) in [5.41, 5.74) is -0.171. The van der Waals surface area contributed by atoms with Crippen LogP contribution in [0.4, 0.5) is 8.78 Å². The van der Waals surface area contributed by atoms with Gasteiger partial charge >= 0.3 is 6.01 Å². The maximum absolute atomic E-state index is 12.3. The molecule has 0 radical (unpaired) electrons. The second kappa shape index (κ2) is 2.60. The Morgan fingerprint density at radius 3 is 2.70 bits per heavy atom. The first-order valence-corrected chi connectivity index (χ1v) is 2.66. The van der Waals surface area contributed by atoms with Crippen molar-refractivity contribution in [3.63, 3.8) is 0 Å². The number of halogens is 2. The van der Waals surface area contributed by atoms with Gasteiger partial charge in [-0.15, -0.1) is 6.58 Å². The topological polar surface area (TPSA) is 26.0 Å². The molecule has 0 aliphatic carbocycles. The van der Waals surface area contributed by atoms with Crippen molar-refractivity contribution in [3.8, 4) is 0 Å². The van der Waals surface area contributed by atoms with E-state index in [1.54, 1.807) is 0 Å². The minimum atomic E-state index is -0.975. The zero-order valence-corrected chi connectivity index (χ0v) is 5.10. The van der Waals surface area contributed by atoms with Crippen LogP contribution in [0.2, 0.25) is 0 Å². The normalized spacial score (nSPS) is 9.80. The summed E-state index contributed by atoms with van der Waals surface area (Å²) < 4.78 is 28.5. The lowest BCUT2D eigenvalue weighted by molar-refractivity contribution is 0.268. The molecule has 2 nitrogen and oxygen atoms in total. The summed E-state index contributed by atoms with van der Waals surface area (Å²) >= 11 is 0. The van der Waals surface area contributed by atoms with Gasteiger partial charge in [-0.25, -0.2) is 0 Å². The van der Waals surface area contributed by atoms with Gasteiger partial charge < -0.3 is 4.52 Å². The predicted octanol–water partition coefficient (Wildman–Crippen LogP) is 1.68. The summed E-state index contributed by atoms with van der Waals surface area (Å²) in [6, 6.07) is -0.975. The summed E-state index contributed by atoms with van der Waals surface area (Å²) in [6.07, 6.45) is 1.47. The molecule has 0 atom stereocenters. The van der Waals surface area contributed by atoms with Gasteiger partial charge in [0.15, 0.2) is 0 Å². The summed E-state index contributed by atoms with van der Waals surface area (Å²) in [5, 5.41) is 2.77. The van der Waals surface area contributed by atoms with Crippen LogP contribution in [0.15, 0.2) is 17.2 Å². The molecular formula is C6H5F2NO. The molecule has 1 heterocycles. The van der Waals surface area contributed by atoms with E-state index in [9.17, 15) is 8.78 Å². The molecule has 0 aliphatic heterocycles. The van der Waals surface area contributed by atoms with Gasteiger partial charge in [0.25, 0.3) is 5.95 Å². The maximum Gasteiger partial charge on any atom is 0.312 e. The van der Waals surface area contributed by atoms with Gasteiger partial charge in [-0.3, -0.25) is 0 Å². The van der Waals surface area contributed by atoms with E-state index in [4.69, 9.17) is 0 Å². The highest BCUT2D eigenvalue weighted by atomic mass is 19.1. The Kier molecular flexibility index (Phi) is 1.80. The van der Waals surface area contributed by atoms with E-state index in [0.29, 0.717) is 0 Å². The van der Waals surface area contributed by atoms with Crippen LogP contribution < -0.4 is 0 Å². The van der Waals surface area contributed by atoms with Crippen molar-refractivity contribution in [3.05, 3.63) is 30.2 Å². The molecule has 1 aromatic rings. The van der Waals surface area contributed by atoms with Crippen LogP contribution in [0.5, 0.6) is 0 Å². The Morgan fingerprint density at radius 1 is 1.60 bits per heavy atom. The van der Waals surface area contributed by atoms with Crippen LogP contribution in [-0.2, 0) is 6.42 Å². The van der Waals surface area contributed by atoms with E-state index < -0.39 is 12.0 Å². The van der Waals surface area contributed by atoms with Crippen LogP contribution in [-0.4, -0.2) is 5.16 Å². The zero-order chi connectivity index (χ0) is 7.56. The Hall–Kier alpha value is -1.19. The average molecular weight is 145 g/mol. The molecule has 0 spiro atoms. The minimum absolute atomic E-state index is 0.0984. The SMILES string of the molecule is C=CCc1c(F)noc1F. The smallest absolute Gasteiger partial charge is 0.312 e. The minimum Gasteiger partial charge on any atom is -0.323 e. The zero-order valence-electron chi connectivity index (χ0n) is 5.10. The molecule has 54 valence electrons. The van der Waals surface area contributed by atoms with Crippen molar-refractivity contribution in [1.82, 2.24) is 5.16 Å². The fourth-order valence-electron chi connectivity index (χ4n) is 0.580. The fourth-order valence-corrected chi connectivity index (χ4v) is 0.580. The summed E-state index contributed by atoms with van der Waals surface area (Å²) in [4.78, 5) is 0. The molecular weight excluding hydrogens is 140 g/mol. The highest BCUT2D eigenvalue weighted by Gasteiger charge is 2.12. The standard InChI is InChI=1S/C6H5F2NO/c1-2-3-4-5(7)9-10-6(4)8/h2H,1,3H2. The number of aromatic nitrogens is 1. The molecule has 1 aromatic heterocycles. The highest BCUT2D eigenvalue weighted by Crippen LogP contribution is 2.10. The van der Waals surface area contributed by atoms with Gasteiger partial charge in [0.2, 0.25) is 0 Å². The second-order valence-electron chi connectivity index (χ2n) is 1.72. The van der Waals surface area contributed by atoms with Crippen LogP contribution in [0.25, 0.3) is 0 Å². The molecule has 0 bridgehead atoms. The van der Waals surface area contributed by atoms with Crippen LogP contribution in [0.3, 0.4) is 0 Å². The monoisotopic (exact) mass is 145 g/mol. The lowest BCUT2D eigenvalue weighted by atomic mass is 10.2. The number of allylic oxidation sites excluding steroid dienone is 1. The van der Waals surface area contributed by atoms with Crippen LogP contribution in [0, 0.1) is 12.0 Å². The molecule has 0 unspecified atom stereocenters. The van der Waals surface area contributed by atoms with Crippen molar-refractivity contribution in [1.29, 1.82) is 0 Å². The predicted molar refractivity (Wildman–Crippen MR) is 30.3 cm³/mol. The fraction of sp³-hybridized carbons (Fsp3) is 0.167. The quantitative estimate of drug-likeness (QED) is 0.591. The first-order chi connectivity index (χ1) is 4.75. The number of hydrogen-bond acceptors (Lipinski definition) is 2. The molecule has 0 aliphatic rings. The van der Waals surface area contributed by atoms with Crippen molar-refractivity contribution in [2.75, 3.05) is 0 Å². The first-order valence-electron chi connectivity index (χ1n) is 2.66. The van der Waals surface area contributed by atoms with E-state index in [2.05, 4.69) is 16.3 Å². The lowest BCUT2D eigenvalue weighted by Gasteiger charge is -1.84. The van der Waals surface area contributed by atoms with Crippen LogP contribution >= 0.6 is 0 Å². The van der Waals surface area contributed by atoms with Crippen LogP contribution in [0.1, 0.15) is 5.56 Å². The molecule has 1 rings (SSSR count). The molecule has 0 saturated heterocycles. The van der Waals surface area contributed by atoms with Gasteiger partial charge in [0, 0.05) is 6.42 Å². The molecule has 0 saturated carbocycles. The molecule has 4 heteroatoms. The van der Waals surface area contributed by atoms with Crippen molar-refractivity contribution in [2.24, 2.45) is 0 Å². The highest BCUT2D eigenvalue weighted by molar-refractivity contribution is 5.09. The first kappa shape index (κ1) is 6.92. The van der Waals surface area contributed by atoms with Gasteiger partial charge in [-0.05, 0) is 5.16 Å². The third-order valence-corrected chi connectivity index (χ3v) is 1.04. The molecule has 0 fully saturated rings. The van der Waals surface area contributed by atoms with Gasteiger partial charge in [0.05, 0.1) is 5.56 Å². The Morgan fingerprint density at radius 2 is 2.30 bits per heavy atom. The largest absolute Gasteiger partial charge is 0.323 e. The lowest BCUT2D eigenvalue weighted by Crippen LogP contribution is -1.85. The third kappa shape index (κ3) is 1.05. The van der Waals surface area contributed by atoms with E-state index in [1.807, 2.05) is 0 Å². The Bertz CT molecular complexity index is 224. The van der Waals surface area contributed by atoms with E-state index >= 15 is 0 Å². The summed E-state index contributed by atoms with van der Waals surface area (Å²) in [5.74, 6) is -0.905. The number of nitrogens with zero attached hydrogens (tertiary/aromatic N) is 1. The summed E-state index contributed by atoms with van der Waals surface area (Å²) in [7, 11) is 0. The van der Waals surface area contributed by atoms with E-state index in [-0.39, 0.29) is 12.0 Å². The van der Waals surface area contributed by atoms with E-state index in [1.165, 1.54) is 6.08 Å². The number of rotatable bonds is 2. The van der Waals surface area contributed by atoms with Gasteiger partial charge in [-0.1, -0.05) is 6.08 Å². The third-order valence-electron chi connectivity index (χ3n) is 1.04. The Labute approximate surface area is 56.1 Å². The molecule has 0 N–H and O–H groups in total. The maximum atomic E-state index is 12.3. The van der Waals surface area contributed by atoms with E-state index in [0.717, 1.165) is 0 Å². The van der Waals surface area contributed by atoms with Gasteiger partial charge in [-0.2, -0.15) is 8.78 Å². The Balaban J connectivity index is 2.97. The van der Waals surface area contributed by atoms with Gasteiger partial charge in [0.1, 0.15) is 0 Å². The summed E-state index contributed by atoms with van der Waals surface area (Å²) in [6.45, 7) is 3.32. The van der Waals surface area contributed by atoms with Crippen molar-refractivity contribution in [2.45, 2.75) is 6.42 Å². The second-order valence-corrected chi connectivity index (χ2v) is 1.72. The average Bonchev–Trinajstić information content (AvgIpc) is 2.20. The molecule has 0 amide bonds. The number of hydrogen-bond donors (Lipinski definition) is 0. The molecule has 10 heavy (non-hydrogen) atoms. The molecule has 0 aromatic carbocycles. The van der Waals surface area contributed by atoms with Crippen molar-refractivity contribution >= 4 is 0 Å². The van der Waals surface area contributed by atoms with Crippen molar-refractivity contribution < 1.29 is 13.3 Å².